The molecule has 0 radical (unpaired) electrons. The van der Waals surface area contributed by atoms with Gasteiger partial charge in [0.15, 0.2) is 0 Å². The highest BCUT2D eigenvalue weighted by atomic mass is 32.2. The van der Waals surface area contributed by atoms with Gasteiger partial charge in [-0.15, -0.1) is 0 Å². The number of hydrogen-bond donors (Lipinski definition) is 3. The van der Waals surface area contributed by atoms with Gasteiger partial charge in [0, 0.05) is 0 Å². The third-order valence-electron chi connectivity index (χ3n) is 2.26. The van der Waals surface area contributed by atoms with Gasteiger partial charge < -0.3 is 14.6 Å². The maximum absolute atomic E-state index is 11.6. The van der Waals surface area contributed by atoms with Crippen LogP contribution in [0.15, 0.2) is 0 Å². The van der Waals surface area contributed by atoms with Crippen LogP contribution in [0.3, 0.4) is 0 Å². The molecule has 1 saturated heterocycles. The van der Waals surface area contributed by atoms with Gasteiger partial charge in [-0.05, 0) is 13.8 Å². The number of rotatable bonds is 5. The van der Waals surface area contributed by atoms with Crippen molar-refractivity contribution in [1.29, 1.82) is 0 Å². The Morgan fingerprint density at radius 1 is 1.37 bits per heavy atom. The second-order valence-electron chi connectivity index (χ2n) is 4.27. The molecule has 19 heavy (non-hydrogen) atoms. The van der Waals surface area contributed by atoms with Crippen LogP contribution >= 0.6 is 0 Å². The molecule has 1 heterocycles. The molecular formula is C9H16N2O7S. The molecule has 3 N–H and O–H groups in total. The molecule has 110 valence electrons. The van der Waals surface area contributed by atoms with Crippen LogP contribution in [0, 0.1) is 5.92 Å². The zero-order valence-corrected chi connectivity index (χ0v) is 11.3. The summed E-state index contributed by atoms with van der Waals surface area (Å²) in [5.41, 5.74) is 0. The highest BCUT2D eigenvalue weighted by molar-refractivity contribution is 7.88. The van der Waals surface area contributed by atoms with Crippen LogP contribution in [-0.2, 0) is 24.5 Å². The molecule has 0 spiro atoms. The molecule has 0 bridgehead atoms. The third kappa shape index (κ3) is 5.01. The molecule has 1 amide bonds. The van der Waals surface area contributed by atoms with Gasteiger partial charge in [-0.1, -0.05) is 0 Å². The highest BCUT2D eigenvalue weighted by Gasteiger charge is 2.37. The second-order valence-corrected chi connectivity index (χ2v) is 5.71. The van der Waals surface area contributed by atoms with Gasteiger partial charge in [-0.25, -0.2) is 9.52 Å². The van der Waals surface area contributed by atoms with Gasteiger partial charge in [0.25, 0.3) is 0 Å². The Labute approximate surface area is 110 Å². The summed E-state index contributed by atoms with van der Waals surface area (Å²) in [5, 5.41) is 8.85. The molecule has 0 aromatic heterocycles. The lowest BCUT2D eigenvalue weighted by Crippen LogP contribution is -2.49. The van der Waals surface area contributed by atoms with Crippen molar-refractivity contribution in [3.63, 3.8) is 0 Å². The van der Waals surface area contributed by atoms with E-state index in [-0.39, 0.29) is 13.2 Å². The number of nitrogens with one attached hydrogen (secondary N) is 2. The van der Waals surface area contributed by atoms with E-state index in [1.807, 2.05) is 4.72 Å². The molecule has 2 unspecified atom stereocenters. The minimum atomic E-state index is -4.19. The van der Waals surface area contributed by atoms with E-state index in [0.717, 1.165) is 0 Å². The predicted molar refractivity (Wildman–Crippen MR) is 62.5 cm³/mol. The van der Waals surface area contributed by atoms with Crippen molar-refractivity contribution in [3.8, 4) is 0 Å². The second kappa shape index (κ2) is 6.17. The van der Waals surface area contributed by atoms with Crippen LogP contribution < -0.4 is 9.44 Å². The van der Waals surface area contributed by atoms with Gasteiger partial charge in [0.2, 0.25) is 0 Å². The maximum atomic E-state index is 11.6. The summed E-state index contributed by atoms with van der Waals surface area (Å²) in [4.78, 5) is 22.0. The van der Waals surface area contributed by atoms with E-state index in [9.17, 15) is 18.0 Å². The van der Waals surface area contributed by atoms with E-state index in [1.54, 1.807) is 18.6 Å². The smallest absolute Gasteiger partial charge is 0.422 e. The van der Waals surface area contributed by atoms with Crippen LogP contribution in [0.4, 0.5) is 4.79 Å². The molecule has 1 aliphatic rings. The van der Waals surface area contributed by atoms with E-state index in [0.29, 0.717) is 0 Å². The van der Waals surface area contributed by atoms with Crippen LogP contribution in [0.2, 0.25) is 0 Å². The fourth-order valence-corrected chi connectivity index (χ4v) is 2.45. The lowest BCUT2D eigenvalue weighted by Gasteiger charge is -2.16. The molecule has 1 aliphatic heterocycles. The maximum Gasteiger partial charge on any atom is 0.422 e. The van der Waals surface area contributed by atoms with Gasteiger partial charge in [-0.3, -0.25) is 4.79 Å². The molecule has 0 aliphatic carbocycles. The van der Waals surface area contributed by atoms with Crippen LogP contribution in [0.25, 0.3) is 0 Å². The van der Waals surface area contributed by atoms with Crippen molar-refractivity contribution < 1.29 is 32.6 Å². The van der Waals surface area contributed by atoms with E-state index in [2.05, 4.69) is 4.74 Å². The van der Waals surface area contributed by atoms with Crippen molar-refractivity contribution in [2.75, 3.05) is 13.2 Å². The first-order chi connectivity index (χ1) is 8.71. The summed E-state index contributed by atoms with van der Waals surface area (Å²) >= 11 is 0. The first-order valence-electron chi connectivity index (χ1n) is 5.52. The summed E-state index contributed by atoms with van der Waals surface area (Å²) in [6.07, 6.45) is -1.61. The summed E-state index contributed by atoms with van der Waals surface area (Å²) < 4.78 is 36.3. The lowest BCUT2D eigenvalue weighted by molar-refractivity contribution is -0.142. The molecule has 1 rings (SSSR count). The zero-order valence-electron chi connectivity index (χ0n) is 10.5. The number of carbonyl (C=O) groups excluding carboxylic acids is 1. The number of carboxylic acid groups (broad SMARTS) is 1. The van der Waals surface area contributed by atoms with E-state index >= 15 is 0 Å². The molecule has 0 saturated carbocycles. The topological polar surface area (TPSA) is 131 Å². The Hall–Kier alpha value is -1.39. The Kier molecular flexibility index (Phi) is 5.09. The SMILES string of the molecule is CC(C)OC(=O)NS(=O)(=O)NC1COCC1C(=O)O. The predicted octanol–water partition coefficient (Wildman–Crippen LogP) is -0.945. The fraction of sp³-hybridized carbons (Fsp3) is 0.778. The zero-order chi connectivity index (χ0) is 14.6. The van der Waals surface area contributed by atoms with Crippen molar-refractivity contribution in [1.82, 2.24) is 9.44 Å². The van der Waals surface area contributed by atoms with Crippen LogP contribution in [0.1, 0.15) is 13.8 Å². The molecule has 1 fully saturated rings. The Morgan fingerprint density at radius 2 is 2.00 bits per heavy atom. The molecule has 10 heteroatoms. The molecule has 9 nitrogen and oxygen atoms in total. The van der Waals surface area contributed by atoms with E-state index in [1.165, 1.54) is 0 Å². The Morgan fingerprint density at radius 3 is 2.53 bits per heavy atom. The first-order valence-corrected chi connectivity index (χ1v) is 7.01. The monoisotopic (exact) mass is 296 g/mol. The van der Waals surface area contributed by atoms with Crippen molar-refractivity contribution in [3.05, 3.63) is 0 Å². The van der Waals surface area contributed by atoms with E-state index < -0.39 is 40.3 Å². The van der Waals surface area contributed by atoms with Gasteiger partial charge in [0.05, 0.1) is 31.3 Å². The highest BCUT2D eigenvalue weighted by Crippen LogP contribution is 2.14. The first kappa shape index (κ1) is 15.7. The molecular weight excluding hydrogens is 280 g/mol. The van der Waals surface area contributed by atoms with E-state index in [4.69, 9.17) is 9.84 Å². The van der Waals surface area contributed by atoms with Crippen molar-refractivity contribution in [2.24, 2.45) is 5.92 Å². The molecule has 2 atom stereocenters. The minimum absolute atomic E-state index is 0.0723. The number of carbonyl (C=O) groups is 2. The molecule has 0 aromatic carbocycles. The number of aliphatic carboxylic acids is 1. The Bertz CT molecular complexity index is 447. The molecule has 0 aromatic rings. The summed E-state index contributed by atoms with van der Waals surface area (Å²) in [6.45, 7) is 2.96. The average molecular weight is 296 g/mol. The number of amides is 1. The third-order valence-corrected chi connectivity index (χ3v) is 3.31. The van der Waals surface area contributed by atoms with Gasteiger partial charge in [-0.2, -0.15) is 13.1 Å². The Balaban J connectivity index is 2.59. The average Bonchev–Trinajstić information content (AvgIpc) is 2.61. The largest absolute Gasteiger partial charge is 0.481 e. The van der Waals surface area contributed by atoms with Crippen LogP contribution in [-0.4, -0.2) is 50.9 Å². The fourth-order valence-electron chi connectivity index (χ4n) is 1.49. The minimum Gasteiger partial charge on any atom is -0.481 e. The lowest BCUT2D eigenvalue weighted by atomic mass is 10.1. The van der Waals surface area contributed by atoms with Gasteiger partial charge in [0.1, 0.15) is 0 Å². The standard InChI is InChI=1S/C9H16N2O7S/c1-5(2)18-9(14)11-19(15,16)10-7-4-17-3-6(7)8(12)13/h5-7,10H,3-4H2,1-2H3,(H,11,14)(H,12,13). The van der Waals surface area contributed by atoms with Crippen molar-refractivity contribution in [2.45, 2.75) is 26.0 Å². The summed E-state index contributed by atoms with van der Waals surface area (Å²) in [7, 11) is -4.19. The number of hydrogen-bond acceptors (Lipinski definition) is 6. The van der Waals surface area contributed by atoms with Gasteiger partial charge >= 0.3 is 22.3 Å². The number of carboxylic acids is 1. The normalized spacial score (nSPS) is 23.3. The van der Waals surface area contributed by atoms with Crippen LogP contribution in [0.5, 0.6) is 0 Å². The van der Waals surface area contributed by atoms with Crippen molar-refractivity contribution >= 4 is 22.3 Å². The quantitative estimate of drug-likeness (QED) is 0.596. The summed E-state index contributed by atoms with van der Waals surface area (Å²) in [6, 6.07) is -0.929. The summed E-state index contributed by atoms with van der Waals surface area (Å²) in [5.74, 6) is -2.16. The number of ether oxygens (including phenoxy) is 2.